The summed E-state index contributed by atoms with van der Waals surface area (Å²) < 4.78 is 0. The summed E-state index contributed by atoms with van der Waals surface area (Å²) >= 11 is 0. The van der Waals surface area contributed by atoms with Crippen molar-refractivity contribution in [3.05, 3.63) is 4.91 Å². The summed E-state index contributed by atoms with van der Waals surface area (Å²) in [4.78, 5) is 10.4. The van der Waals surface area contributed by atoms with Crippen LogP contribution in [0.25, 0.3) is 0 Å². The smallest absolute Gasteiger partial charge is 0.0920 e. The van der Waals surface area contributed by atoms with Gasteiger partial charge < -0.3 is 5.73 Å². The highest BCUT2D eigenvalue weighted by Gasteiger charge is 2.13. The molecule has 1 rings (SSSR count). The summed E-state index contributed by atoms with van der Waals surface area (Å²) in [5.41, 5.74) is 5.85. The number of nitrogens with two attached hydrogens (primary N) is 1. The molecular weight excluding hydrogens is 152 g/mol. The second-order valence-corrected chi connectivity index (χ2v) is 3.73. The number of nitroso groups, excluding NO2 is 1. The second-order valence-electron chi connectivity index (χ2n) is 3.73. The van der Waals surface area contributed by atoms with Crippen LogP contribution in [0.2, 0.25) is 0 Å². The fraction of sp³-hybridized carbons (Fsp3) is 1.00. The van der Waals surface area contributed by atoms with Crippen molar-refractivity contribution in [1.29, 1.82) is 0 Å². The molecule has 1 fully saturated rings. The maximum atomic E-state index is 10.4. The summed E-state index contributed by atoms with van der Waals surface area (Å²) in [5, 5.41) is 3.12. The molecule has 1 aliphatic rings. The van der Waals surface area contributed by atoms with E-state index in [-0.39, 0.29) is 6.04 Å². The molecule has 3 heteroatoms. The Balaban J connectivity index is 2.34. The quantitative estimate of drug-likeness (QED) is 0.613. The van der Waals surface area contributed by atoms with E-state index in [1.807, 2.05) is 0 Å². The first-order valence-electron chi connectivity index (χ1n) is 4.91. The van der Waals surface area contributed by atoms with Gasteiger partial charge in [-0.25, -0.2) is 0 Å². The third-order valence-electron chi connectivity index (χ3n) is 2.63. The van der Waals surface area contributed by atoms with E-state index < -0.39 is 0 Å². The molecule has 0 bridgehead atoms. The van der Waals surface area contributed by atoms with E-state index in [0.29, 0.717) is 6.04 Å². The van der Waals surface area contributed by atoms with Crippen LogP contribution in [0.4, 0.5) is 0 Å². The fourth-order valence-corrected chi connectivity index (χ4v) is 1.76. The van der Waals surface area contributed by atoms with Crippen LogP contribution in [0, 0.1) is 4.91 Å². The highest BCUT2D eigenvalue weighted by molar-refractivity contribution is 4.72. The van der Waals surface area contributed by atoms with Crippen LogP contribution in [-0.4, -0.2) is 12.1 Å². The average molecular weight is 170 g/mol. The molecule has 1 aliphatic carbocycles. The topological polar surface area (TPSA) is 55.4 Å². The van der Waals surface area contributed by atoms with E-state index in [4.69, 9.17) is 5.73 Å². The first kappa shape index (κ1) is 9.65. The van der Waals surface area contributed by atoms with Gasteiger partial charge in [0.15, 0.2) is 0 Å². The van der Waals surface area contributed by atoms with Gasteiger partial charge in [-0.1, -0.05) is 24.4 Å². The van der Waals surface area contributed by atoms with Gasteiger partial charge in [0.1, 0.15) is 0 Å². The Hall–Kier alpha value is -0.440. The maximum absolute atomic E-state index is 10.4. The zero-order chi connectivity index (χ0) is 8.81. The normalized spacial score (nSPS) is 33.1. The lowest BCUT2D eigenvalue weighted by Crippen LogP contribution is -2.20. The highest BCUT2D eigenvalue weighted by Crippen LogP contribution is 2.18. The van der Waals surface area contributed by atoms with Crippen molar-refractivity contribution in [2.24, 2.45) is 10.9 Å². The molecule has 1 saturated carbocycles. The van der Waals surface area contributed by atoms with Crippen LogP contribution in [0.1, 0.15) is 44.9 Å². The SMILES string of the molecule is NC1CCCCCC(N=O)CC1. The molecule has 12 heavy (non-hydrogen) atoms. The van der Waals surface area contributed by atoms with E-state index in [2.05, 4.69) is 5.18 Å². The van der Waals surface area contributed by atoms with Gasteiger partial charge in [-0.15, -0.1) is 0 Å². The van der Waals surface area contributed by atoms with E-state index >= 15 is 0 Å². The van der Waals surface area contributed by atoms with Gasteiger partial charge in [0.2, 0.25) is 0 Å². The molecule has 0 aliphatic heterocycles. The van der Waals surface area contributed by atoms with Crippen molar-refractivity contribution in [2.45, 2.75) is 57.0 Å². The Morgan fingerprint density at radius 1 is 1.00 bits per heavy atom. The molecule has 2 atom stereocenters. The Bertz CT molecular complexity index is 138. The lowest BCUT2D eigenvalue weighted by Gasteiger charge is -2.10. The minimum Gasteiger partial charge on any atom is -0.328 e. The first-order chi connectivity index (χ1) is 5.83. The Kier molecular flexibility index (Phi) is 4.22. The maximum Gasteiger partial charge on any atom is 0.0920 e. The zero-order valence-corrected chi connectivity index (χ0v) is 7.54. The summed E-state index contributed by atoms with van der Waals surface area (Å²) in [7, 11) is 0. The summed E-state index contributed by atoms with van der Waals surface area (Å²) in [6.45, 7) is 0. The van der Waals surface area contributed by atoms with Gasteiger partial charge in [0, 0.05) is 6.04 Å². The molecule has 0 amide bonds. The largest absolute Gasteiger partial charge is 0.328 e. The van der Waals surface area contributed by atoms with E-state index in [1.165, 1.54) is 12.8 Å². The Morgan fingerprint density at radius 2 is 1.75 bits per heavy atom. The predicted molar refractivity (Wildman–Crippen MR) is 49.9 cm³/mol. The summed E-state index contributed by atoms with van der Waals surface area (Å²) in [5.74, 6) is 0. The fourth-order valence-electron chi connectivity index (χ4n) is 1.76. The molecule has 0 aromatic carbocycles. The molecule has 0 aromatic rings. The van der Waals surface area contributed by atoms with Crippen molar-refractivity contribution in [3.8, 4) is 0 Å². The van der Waals surface area contributed by atoms with Crippen molar-refractivity contribution in [2.75, 3.05) is 0 Å². The number of rotatable bonds is 1. The van der Waals surface area contributed by atoms with Gasteiger partial charge in [-0.3, -0.25) is 0 Å². The predicted octanol–water partition coefficient (Wildman–Crippen LogP) is 2.19. The van der Waals surface area contributed by atoms with Gasteiger partial charge >= 0.3 is 0 Å². The first-order valence-corrected chi connectivity index (χ1v) is 4.91. The van der Waals surface area contributed by atoms with E-state index in [9.17, 15) is 4.91 Å². The lowest BCUT2D eigenvalue weighted by molar-refractivity contribution is 0.501. The third kappa shape index (κ3) is 3.30. The third-order valence-corrected chi connectivity index (χ3v) is 2.63. The molecule has 70 valence electrons. The van der Waals surface area contributed by atoms with Gasteiger partial charge in [-0.2, -0.15) is 4.91 Å². The van der Waals surface area contributed by atoms with Crippen LogP contribution in [0.3, 0.4) is 0 Å². The van der Waals surface area contributed by atoms with Crippen LogP contribution < -0.4 is 5.73 Å². The Morgan fingerprint density at radius 3 is 2.50 bits per heavy atom. The number of hydrogen-bond acceptors (Lipinski definition) is 3. The number of hydrogen-bond donors (Lipinski definition) is 1. The monoisotopic (exact) mass is 170 g/mol. The van der Waals surface area contributed by atoms with Crippen molar-refractivity contribution in [1.82, 2.24) is 0 Å². The molecule has 0 heterocycles. The second kappa shape index (κ2) is 5.25. The lowest BCUT2D eigenvalue weighted by atomic mass is 10.0. The van der Waals surface area contributed by atoms with Crippen molar-refractivity contribution < 1.29 is 0 Å². The van der Waals surface area contributed by atoms with E-state index in [1.54, 1.807) is 0 Å². The van der Waals surface area contributed by atoms with Crippen LogP contribution in [-0.2, 0) is 0 Å². The minimum atomic E-state index is 0.0362. The van der Waals surface area contributed by atoms with E-state index in [0.717, 1.165) is 32.1 Å². The van der Waals surface area contributed by atoms with Crippen LogP contribution in [0.15, 0.2) is 5.18 Å². The molecular formula is C9H18N2O. The highest BCUT2D eigenvalue weighted by atomic mass is 16.3. The molecule has 0 radical (unpaired) electrons. The van der Waals surface area contributed by atoms with Gasteiger partial charge in [0.25, 0.3) is 0 Å². The molecule has 0 spiro atoms. The van der Waals surface area contributed by atoms with Crippen molar-refractivity contribution in [3.63, 3.8) is 0 Å². The van der Waals surface area contributed by atoms with Crippen LogP contribution >= 0.6 is 0 Å². The van der Waals surface area contributed by atoms with Crippen LogP contribution in [0.5, 0.6) is 0 Å². The van der Waals surface area contributed by atoms with Crippen molar-refractivity contribution >= 4 is 0 Å². The Labute approximate surface area is 73.7 Å². The minimum absolute atomic E-state index is 0.0362. The summed E-state index contributed by atoms with van der Waals surface area (Å²) in [6, 6.07) is 0.335. The van der Waals surface area contributed by atoms with Gasteiger partial charge in [-0.05, 0) is 25.7 Å². The summed E-state index contributed by atoms with van der Waals surface area (Å²) in [6.07, 6.45) is 7.51. The number of nitrogens with zero attached hydrogens (tertiary/aromatic N) is 1. The molecule has 2 unspecified atom stereocenters. The zero-order valence-electron chi connectivity index (χ0n) is 7.54. The molecule has 0 saturated heterocycles. The standard InChI is InChI=1S/C9H18N2O/c10-8-4-2-1-3-5-9(11-12)7-6-8/h8-9H,1-7,10H2. The average Bonchev–Trinajstić information content (AvgIpc) is 2.17. The molecule has 0 aromatic heterocycles. The van der Waals surface area contributed by atoms with Gasteiger partial charge in [0.05, 0.1) is 6.04 Å². The molecule has 2 N–H and O–H groups in total. The molecule has 3 nitrogen and oxygen atoms in total.